The van der Waals surface area contributed by atoms with Crippen molar-refractivity contribution in [1.29, 1.82) is 0 Å². The van der Waals surface area contributed by atoms with E-state index in [9.17, 15) is 4.79 Å². The summed E-state index contributed by atoms with van der Waals surface area (Å²) in [5, 5.41) is 1.71. The molecular formula is C18H26ClNO3Si. The number of aromatic amines is 1. The molecule has 0 spiro atoms. The van der Waals surface area contributed by atoms with Crippen LogP contribution >= 0.6 is 11.6 Å². The average Bonchev–Trinajstić information content (AvgIpc) is 2.79. The minimum Gasteiger partial charge on any atom is -0.543 e. The SMILES string of the molecule is COC(=O)CCc1[nH]c2ccc(O[Si](C)(C)C(C)(C)C)cc2c1Cl. The van der Waals surface area contributed by atoms with Gasteiger partial charge >= 0.3 is 5.97 Å². The standard InChI is InChI=1S/C18H26ClNO3Si/c1-18(2,3)24(5,6)23-12-7-8-14-13(11-12)17(19)15(20-14)9-10-16(21)22-4/h7-8,11,20H,9-10H2,1-6H3. The molecule has 2 rings (SSSR count). The van der Waals surface area contributed by atoms with Gasteiger partial charge in [0.2, 0.25) is 8.32 Å². The third-order valence-corrected chi connectivity index (χ3v) is 9.55. The van der Waals surface area contributed by atoms with Gasteiger partial charge in [0.25, 0.3) is 0 Å². The number of H-pyrrole nitrogens is 1. The van der Waals surface area contributed by atoms with E-state index < -0.39 is 8.32 Å². The number of nitrogens with one attached hydrogen (secondary N) is 1. The summed E-state index contributed by atoms with van der Waals surface area (Å²) in [5.41, 5.74) is 1.80. The first-order valence-electron chi connectivity index (χ1n) is 8.11. The number of hydrogen-bond donors (Lipinski definition) is 1. The molecule has 132 valence electrons. The van der Waals surface area contributed by atoms with Crippen LogP contribution in [0.4, 0.5) is 0 Å². The minimum atomic E-state index is -1.89. The molecule has 0 aliphatic rings. The van der Waals surface area contributed by atoms with Crippen LogP contribution in [0.1, 0.15) is 32.9 Å². The molecular weight excluding hydrogens is 342 g/mol. The topological polar surface area (TPSA) is 51.3 Å². The number of carbonyl (C=O) groups is 1. The van der Waals surface area contributed by atoms with E-state index >= 15 is 0 Å². The monoisotopic (exact) mass is 367 g/mol. The normalized spacial score (nSPS) is 12.5. The molecule has 0 aliphatic carbocycles. The largest absolute Gasteiger partial charge is 0.543 e. The molecule has 6 heteroatoms. The lowest BCUT2D eigenvalue weighted by molar-refractivity contribution is -0.140. The molecule has 1 aromatic carbocycles. The van der Waals surface area contributed by atoms with E-state index in [-0.39, 0.29) is 11.0 Å². The quantitative estimate of drug-likeness (QED) is 0.575. The van der Waals surface area contributed by atoms with Crippen LogP contribution in [0.5, 0.6) is 5.75 Å². The molecule has 0 radical (unpaired) electrons. The van der Waals surface area contributed by atoms with Crippen LogP contribution in [0.25, 0.3) is 10.9 Å². The zero-order valence-electron chi connectivity index (χ0n) is 15.2. The van der Waals surface area contributed by atoms with Gasteiger partial charge in [-0.15, -0.1) is 0 Å². The van der Waals surface area contributed by atoms with Crippen LogP contribution in [-0.4, -0.2) is 26.4 Å². The van der Waals surface area contributed by atoms with Gasteiger partial charge in [0.1, 0.15) is 5.75 Å². The predicted octanol–water partition coefficient (Wildman–Crippen LogP) is 5.31. The predicted molar refractivity (Wildman–Crippen MR) is 101 cm³/mol. The van der Waals surface area contributed by atoms with Crippen molar-refractivity contribution in [2.24, 2.45) is 0 Å². The molecule has 0 fully saturated rings. The number of aryl methyl sites for hydroxylation is 1. The molecule has 0 saturated carbocycles. The summed E-state index contributed by atoms with van der Waals surface area (Å²) in [5.74, 6) is 0.598. The third-order valence-electron chi connectivity index (χ3n) is 4.76. The Bertz CT molecular complexity index is 747. The number of halogens is 1. The Morgan fingerprint density at radius 3 is 2.54 bits per heavy atom. The van der Waals surface area contributed by atoms with Crippen molar-refractivity contribution in [1.82, 2.24) is 4.98 Å². The maximum Gasteiger partial charge on any atom is 0.305 e. The summed E-state index contributed by atoms with van der Waals surface area (Å²) in [6.45, 7) is 11.1. The van der Waals surface area contributed by atoms with Crippen molar-refractivity contribution >= 4 is 36.8 Å². The molecule has 1 N–H and O–H groups in total. The van der Waals surface area contributed by atoms with Crippen molar-refractivity contribution in [2.45, 2.75) is 51.7 Å². The fourth-order valence-corrected chi connectivity index (χ4v) is 3.53. The Balaban J connectivity index is 2.28. The van der Waals surface area contributed by atoms with Gasteiger partial charge in [0, 0.05) is 16.6 Å². The molecule has 0 unspecified atom stereocenters. The van der Waals surface area contributed by atoms with Crippen molar-refractivity contribution in [2.75, 3.05) is 7.11 Å². The number of esters is 1. The Kier molecular flexibility index (Phi) is 5.35. The number of hydrogen-bond acceptors (Lipinski definition) is 3. The van der Waals surface area contributed by atoms with E-state index in [4.69, 9.17) is 16.0 Å². The lowest BCUT2D eigenvalue weighted by atomic mass is 10.2. The second-order valence-corrected chi connectivity index (χ2v) is 12.7. The summed E-state index contributed by atoms with van der Waals surface area (Å²) < 4.78 is 11.0. The van der Waals surface area contributed by atoms with E-state index in [1.807, 2.05) is 18.2 Å². The van der Waals surface area contributed by atoms with Gasteiger partial charge in [-0.3, -0.25) is 4.79 Å². The number of rotatable bonds is 5. The highest BCUT2D eigenvalue weighted by Gasteiger charge is 2.39. The molecule has 4 nitrogen and oxygen atoms in total. The lowest BCUT2D eigenvalue weighted by Gasteiger charge is -2.36. The van der Waals surface area contributed by atoms with Crippen LogP contribution in [0, 0.1) is 0 Å². The van der Waals surface area contributed by atoms with Crippen LogP contribution < -0.4 is 4.43 Å². The first kappa shape index (κ1) is 18.9. The van der Waals surface area contributed by atoms with Gasteiger partial charge in [-0.1, -0.05) is 32.4 Å². The summed E-state index contributed by atoms with van der Waals surface area (Å²) in [7, 11) is -0.505. The van der Waals surface area contributed by atoms with Gasteiger partial charge in [-0.25, -0.2) is 0 Å². The number of carbonyl (C=O) groups excluding carboxylic acids is 1. The molecule has 0 atom stereocenters. The van der Waals surface area contributed by atoms with Crippen LogP contribution in [0.15, 0.2) is 18.2 Å². The minimum absolute atomic E-state index is 0.134. The highest BCUT2D eigenvalue weighted by atomic mass is 35.5. The van der Waals surface area contributed by atoms with Gasteiger partial charge in [0.05, 0.1) is 18.6 Å². The Morgan fingerprint density at radius 2 is 1.96 bits per heavy atom. The van der Waals surface area contributed by atoms with E-state index in [1.54, 1.807) is 0 Å². The van der Waals surface area contributed by atoms with Gasteiger partial charge in [-0.2, -0.15) is 0 Å². The summed E-state index contributed by atoms with van der Waals surface area (Å²) in [6.07, 6.45) is 0.828. The second-order valence-electron chi connectivity index (χ2n) is 7.56. The summed E-state index contributed by atoms with van der Waals surface area (Å²) in [6, 6.07) is 5.93. The Labute approximate surface area is 149 Å². The smallest absolute Gasteiger partial charge is 0.305 e. The summed E-state index contributed by atoms with van der Waals surface area (Å²) >= 11 is 6.49. The average molecular weight is 368 g/mol. The molecule has 1 heterocycles. The van der Waals surface area contributed by atoms with Crippen molar-refractivity contribution < 1.29 is 14.0 Å². The number of ether oxygens (including phenoxy) is 1. The van der Waals surface area contributed by atoms with E-state index in [2.05, 4.69) is 43.6 Å². The number of methoxy groups -OCH3 is 1. The number of benzene rings is 1. The molecule has 0 amide bonds. The molecule has 0 aliphatic heterocycles. The molecule has 2 aromatic rings. The van der Waals surface area contributed by atoms with Crippen molar-refractivity contribution in [3.63, 3.8) is 0 Å². The van der Waals surface area contributed by atoms with E-state index in [0.29, 0.717) is 17.9 Å². The van der Waals surface area contributed by atoms with E-state index in [0.717, 1.165) is 22.3 Å². The zero-order valence-corrected chi connectivity index (χ0v) is 17.0. The fourth-order valence-electron chi connectivity index (χ4n) is 2.21. The fraction of sp³-hybridized carbons (Fsp3) is 0.500. The van der Waals surface area contributed by atoms with Crippen LogP contribution in [0.2, 0.25) is 23.2 Å². The van der Waals surface area contributed by atoms with Crippen molar-refractivity contribution in [3.8, 4) is 5.75 Å². The van der Waals surface area contributed by atoms with Crippen LogP contribution in [-0.2, 0) is 16.0 Å². The highest BCUT2D eigenvalue weighted by molar-refractivity contribution is 6.74. The van der Waals surface area contributed by atoms with Crippen LogP contribution in [0.3, 0.4) is 0 Å². The first-order chi connectivity index (χ1) is 11.0. The van der Waals surface area contributed by atoms with Gasteiger partial charge < -0.3 is 14.1 Å². The zero-order chi connectivity index (χ0) is 18.1. The number of fused-ring (bicyclic) bond motifs is 1. The molecule has 0 saturated heterocycles. The van der Waals surface area contributed by atoms with Gasteiger partial charge in [0.15, 0.2) is 0 Å². The van der Waals surface area contributed by atoms with Crippen molar-refractivity contribution in [3.05, 3.63) is 28.9 Å². The third kappa shape index (κ3) is 3.95. The molecule has 24 heavy (non-hydrogen) atoms. The van der Waals surface area contributed by atoms with E-state index in [1.165, 1.54) is 7.11 Å². The number of aromatic nitrogens is 1. The maximum absolute atomic E-state index is 11.3. The first-order valence-corrected chi connectivity index (χ1v) is 11.4. The van der Waals surface area contributed by atoms with Gasteiger partial charge in [-0.05, 0) is 42.8 Å². The highest BCUT2D eigenvalue weighted by Crippen LogP contribution is 2.38. The Hall–Kier alpha value is -1.46. The summed E-state index contributed by atoms with van der Waals surface area (Å²) in [4.78, 5) is 14.6. The lowest BCUT2D eigenvalue weighted by Crippen LogP contribution is -2.43. The molecule has 0 bridgehead atoms. The maximum atomic E-state index is 11.3. The molecule has 1 aromatic heterocycles. The second kappa shape index (κ2) is 6.80. The Morgan fingerprint density at radius 1 is 1.29 bits per heavy atom.